The van der Waals surface area contributed by atoms with Gasteiger partial charge in [0.15, 0.2) is 5.52 Å². The number of hydrogen-bond donors (Lipinski definition) is 0. The second-order valence-electron chi connectivity index (χ2n) is 5.60. The summed E-state index contributed by atoms with van der Waals surface area (Å²) in [5.41, 5.74) is 4.41. The van der Waals surface area contributed by atoms with E-state index in [1.807, 2.05) is 38.1 Å². The number of aryl methyl sites for hydroxylation is 3. The number of benzene rings is 2. The average Bonchev–Trinajstić information content (AvgIpc) is 2.45. The van der Waals surface area contributed by atoms with Gasteiger partial charge in [0.1, 0.15) is 5.75 Å². The van der Waals surface area contributed by atoms with E-state index in [1.54, 1.807) is 0 Å². The zero-order chi connectivity index (χ0) is 16.1. The van der Waals surface area contributed by atoms with E-state index in [9.17, 15) is 4.79 Å². The minimum Gasteiger partial charge on any atom is -0.494 e. The molecule has 0 aliphatic rings. The maximum Gasteiger partial charge on any atom is 0.186 e. The average molecular weight is 321 g/mol. The van der Waals surface area contributed by atoms with Crippen LogP contribution in [0.15, 0.2) is 36.4 Å². The first-order valence-corrected chi connectivity index (χ1v) is 8.63. The summed E-state index contributed by atoms with van der Waals surface area (Å²) in [4.78, 5) is 12.6. The van der Waals surface area contributed by atoms with Gasteiger partial charge in [-0.1, -0.05) is 36.8 Å². The molecule has 1 atom stereocenters. The molecule has 2 rings (SSSR count). The SMILES string of the molecule is CCCOc1ccc(PC(=O)c2c(C)cc(C)cc2C)cc1.[Li]. The Morgan fingerprint density at radius 3 is 2.13 bits per heavy atom. The molecule has 0 heterocycles. The molecule has 0 aromatic heterocycles. The molecular formula is C19H23LiO2P. The molecule has 4 heteroatoms. The number of rotatable bonds is 6. The molecule has 0 aliphatic carbocycles. The molecule has 2 aromatic rings. The van der Waals surface area contributed by atoms with Crippen LogP contribution in [0, 0.1) is 20.8 Å². The van der Waals surface area contributed by atoms with Gasteiger partial charge in [0.2, 0.25) is 0 Å². The normalized spacial score (nSPS) is 10.6. The third-order valence-electron chi connectivity index (χ3n) is 3.49. The Kier molecular flexibility index (Phi) is 8.07. The van der Waals surface area contributed by atoms with Crippen LogP contribution in [-0.4, -0.2) is 31.0 Å². The number of carbonyl (C=O) groups is 1. The number of ether oxygens (including phenoxy) is 1. The van der Waals surface area contributed by atoms with Gasteiger partial charge in [-0.05, 0) is 64.3 Å². The Morgan fingerprint density at radius 2 is 1.61 bits per heavy atom. The van der Waals surface area contributed by atoms with Crippen LogP contribution >= 0.6 is 8.58 Å². The number of hydrogen-bond acceptors (Lipinski definition) is 2. The van der Waals surface area contributed by atoms with Crippen molar-refractivity contribution in [2.75, 3.05) is 6.61 Å². The molecule has 1 radical (unpaired) electrons. The van der Waals surface area contributed by atoms with Crippen LogP contribution in [0.4, 0.5) is 0 Å². The van der Waals surface area contributed by atoms with E-state index in [0.29, 0.717) is 0 Å². The first-order valence-electron chi connectivity index (χ1n) is 7.63. The third-order valence-corrected chi connectivity index (χ3v) is 4.59. The molecule has 0 spiro atoms. The van der Waals surface area contributed by atoms with Crippen molar-refractivity contribution in [1.29, 1.82) is 0 Å². The quantitative estimate of drug-likeness (QED) is 0.590. The first kappa shape index (κ1) is 20.0. The molecule has 117 valence electrons. The molecule has 0 fully saturated rings. The summed E-state index contributed by atoms with van der Waals surface area (Å²) in [7, 11) is 0.149. The molecule has 0 bridgehead atoms. The second-order valence-corrected chi connectivity index (χ2v) is 6.88. The summed E-state index contributed by atoms with van der Waals surface area (Å²) in [5, 5.41) is 1.05. The summed E-state index contributed by atoms with van der Waals surface area (Å²) in [6, 6.07) is 12.0. The minimum absolute atomic E-state index is 0. The predicted octanol–water partition coefficient (Wildman–Crippen LogP) is 4.16. The molecular weight excluding hydrogens is 298 g/mol. The van der Waals surface area contributed by atoms with E-state index in [-0.39, 0.29) is 33.0 Å². The molecule has 2 aromatic carbocycles. The van der Waals surface area contributed by atoms with Gasteiger partial charge in [-0.15, -0.1) is 0 Å². The molecule has 23 heavy (non-hydrogen) atoms. The van der Waals surface area contributed by atoms with Gasteiger partial charge in [-0.3, -0.25) is 4.79 Å². The molecule has 0 N–H and O–H groups in total. The third kappa shape index (κ3) is 5.50. The Hall–Kier alpha value is -1.06. The van der Waals surface area contributed by atoms with Gasteiger partial charge in [-0.2, -0.15) is 0 Å². The van der Waals surface area contributed by atoms with Crippen LogP contribution in [0.2, 0.25) is 0 Å². The van der Waals surface area contributed by atoms with E-state index in [4.69, 9.17) is 4.74 Å². The second kappa shape index (κ2) is 9.29. The smallest absolute Gasteiger partial charge is 0.186 e. The fraction of sp³-hybridized carbons (Fsp3) is 0.316. The van der Waals surface area contributed by atoms with Crippen molar-refractivity contribution in [1.82, 2.24) is 0 Å². The zero-order valence-electron chi connectivity index (χ0n) is 14.7. The Bertz CT molecular complexity index is 643. The van der Waals surface area contributed by atoms with Gasteiger partial charge >= 0.3 is 0 Å². The Balaban J connectivity index is 0.00000264. The fourth-order valence-electron chi connectivity index (χ4n) is 2.59. The van der Waals surface area contributed by atoms with Gasteiger partial charge in [0, 0.05) is 24.4 Å². The van der Waals surface area contributed by atoms with Gasteiger partial charge in [-0.25, -0.2) is 0 Å². The maximum atomic E-state index is 12.6. The van der Waals surface area contributed by atoms with Gasteiger partial charge < -0.3 is 4.74 Å². The van der Waals surface area contributed by atoms with E-state index >= 15 is 0 Å². The van der Waals surface area contributed by atoms with Crippen molar-refractivity contribution in [3.63, 3.8) is 0 Å². The predicted molar refractivity (Wildman–Crippen MR) is 101 cm³/mol. The number of carbonyl (C=O) groups excluding carboxylic acids is 1. The van der Waals surface area contributed by atoms with Crippen molar-refractivity contribution >= 4 is 38.3 Å². The van der Waals surface area contributed by atoms with E-state index < -0.39 is 0 Å². The van der Waals surface area contributed by atoms with Crippen molar-refractivity contribution in [2.45, 2.75) is 34.1 Å². The standard InChI is InChI=1S/C19H23O2P.Li/c1-5-10-21-16-6-8-17(9-7-16)22-19(20)18-14(3)11-13(2)12-15(18)4;/h6-9,11-12,22H,5,10H2,1-4H3;. The Labute approximate surface area is 153 Å². The largest absolute Gasteiger partial charge is 0.494 e. The van der Waals surface area contributed by atoms with Crippen LogP contribution < -0.4 is 10.0 Å². The fourth-order valence-corrected chi connectivity index (χ4v) is 3.70. The first-order chi connectivity index (χ1) is 10.5. The van der Waals surface area contributed by atoms with E-state index in [0.717, 1.165) is 40.8 Å². The molecule has 0 saturated carbocycles. The molecule has 2 nitrogen and oxygen atoms in total. The topological polar surface area (TPSA) is 26.3 Å². The summed E-state index contributed by atoms with van der Waals surface area (Å²) in [6.45, 7) is 8.90. The summed E-state index contributed by atoms with van der Waals surface area (Å²) >= 11 is 0. The van der Waals surface area contributed by atoms with E-state index in [1.165, 1.54) is 5.56 Å². The van der Waals surface area contributed by atoms with Gasteiger partial charge in [0.05, 0.1) is 6.61 Å². The molecule has 1 unspecified atom stereocenters. The summed E-state index contributed by atoms with van der Waals surface area (Å²) < 4.78 is 5.57. The van der Waals surface area contributed by atoms with Crippen LogP contribution in [0.25, 0.3) is 0 Å². The van der Waals surface area contributed by atoms with Crippen molar-refractivity contribution in [3.8, 4) is 5.75 Å². The summed E-state index contributed by atoms with van der Waals surface area (Å²) in [5.74, 6) is 0.866. The Morgan fingerprint density at radius 1 is 1.04 bits per heavy atom. The van der Waals surface area contributed by atoms with Crippen LogP contribution in [0.5, 0.6) is 5.75 Å². The molecule has 0 amide bonds. The van der Waals surface area contributed by atoms with Crippen molar-refractivity contribution in [2.24, 2.45) is 0 Å². The van der Waals surface area contributed by atoms with Crippen LogP contribution in [-0.2, 0) is 0 Å². The van der Waals surface area contributed by atoms with Crippen LogP contribution in [0.1, 0.15) is 40.4 Å². The monoisotopic (exact) mass is 321 g/mol. The van der Waals surface area contributed by atoms with E-state index in [2.05, 4.69) is 26.0 Å². The van der Waals surface area contributed by atoms with Crippen LogP contribution in [0.3, 0.4) is 0 Å². The molecule has 0 aliphatic heterocycles. The van der Waals surface area contributed by atoms with Gasteiger partial charge in [0.25, 0.3) is 0 Å². The van der Waals surface area contributed by atoms with Crippen molar-refractivity contribution in [3.05, 3.63) is 58.7 Å². The van der Waals surface area contributed by atoms with Crippen molar-refractivity contribution < 1.29 is 9.53 Å². The summed E-state index contributed by atoms with van der Waals surface area (Å²) in [6.07, 6.45) is 0.994. The minimum atomic E-state index is 0. The maximum absolute atomic E-state index is 12.6. The molecule has 0 saturated heterocycles. The zero-order valence-corrected chi connectivity index (χ0v) is 15.7.